The number of benzene rings is 1. The van der Waals surface area contributed by atoms with Gasteiger partial charge in [0.25, 0.3) is 0 Å². The Balaban J connectivity index is 1.90. The number of nitrogens with one attached hydrogen (secondary N) is 1. The average molecular weight is 301 g/mol. The summed E-state index contributed by atoms with van der Waals surface area (Å²) in [4.78, 5) is 11.6. The first-order valence-corrected chi connectivity index (χ1v) is 6.73. The van der Waals surface area contributed by atoms with Gasteiger partial charge in [-0.3, -0.25) is 0 Å². The van der Waals surface area contributed by atoms with E-state index in [9.17, 15) is 18.0 Å². The van der Waals surface area contributed by atoms with Crippen molar-refractivity contribution in [3.8, 4) is 0 Å². The highest BCUT2D eigenvalue weighted by atomic mass is 19.4. The Kier molecular flexibility index (Phi) is 3.91. The van der Waals surface area contributed by atoms with Crippen molar-refractivity contribution in [2.24, 2.45) is 0 Å². The van der Waals surface area contributed by atoms with Crippen molar-refractivity contribution < 1.29 is 22.7 Å². The number of carbonyl (C=O) groups excluding carboxylic acids is 1. The molecule has 1 aliphatic carbocycles. The molecule has 0 bridgehead atoms. The second-order valence-corrected chi connectivity index (χ2v) is 6.21. The van der Waals surface area contributed by atoms with Gasteiger partial charge in [0.05, 0.1) is 5.56 Å². The minimum Gasteiger partial charge on any atom is -0.444 e. The van der Waals surface area contributed by atoms with Crippen LogP contribution in [0.3, 0.4) is 0 Å². The lowest BCUT2D eigenvalue weighted by molar-refractivity contribution is -0.137. The van der Waals surface area contributed by atoms with Crippen molar-refractivity contribution in [2.45, 2.75) is 50.9 Å². The molecule has 3 nitrogen and oxygen atoms in total. The first-order chi connectivity index (χ1) is 9.56. The van der Waals surface area contributed by atoms with Gasteiger partial charge in [-0.2, -0.15) is 13.2 Å². The molecule has 0 aromatic heterocycles. The number of alkyl halides is 3. The maximum absolute atomic E-state index is 12.5. The predicted molar refractivity (Wildman–Crippen MR) is 72.0 cm³/mol. The molecule has 0 unspecified atom stereocenters. The second-order valence-electron chi connectivity index (χ2n) is 6.21. The third-order valence-electron chi connectivity index (χ3n) is 3.16. The molecule has 1 fully saturated rings. The van der Waals surface area contributed by atoms with Gasteiger partial charge in [-0.1, -0.05) is 12.1 Å². The zero-order valence-electron chi connectivity index (χ0n) is 12.1. The third kappa shape index (κ3) is 4.37. The number of ether oxygens (including phenoxy) is 1. The lowest BCUT2D eigenvalue weighted by Gasteiger charge is -2.19. The molecule has 1 aliphatic rings. The van der Waals surface area contributed by atoms with Gasteiger partial charge in [0.1, 0.15) is 5.60 Å². The summed E-state index contributed by atoms with van der Waals surface area (Å²) in [5, 5.41) is 2.72. The molecule has 0 radical (unpaired) electrons. The van der Waals surface area contributed by atoms with E-state index >= 15 is 0 Å². The number of carbonyl (C=O) groups is 1. The lowest BCUT2D eigenvalue weighted by atomic mass is 10.1. The summed E-state index contributed by atoms with van der Waals surface area (Å²) in [6.45, 7) is 5.31. The van der Waals surface area contributed by atoms with Crippen LogP contribution in [0.5, 0.6) is 0 Å². The molecule has 21 heavy (non-hydrogen) atoms. The smallest absolute Gasteiger partial charge is 0.416 e. The molecule has 0 aliphatic heterocycles. The Morgan fingerprint density at radius 2 is 1.76 bits per heavy atom. The Labute approximate surface area is 121 Å². The number of alkyl carbamates (subject to hydrolysis) is 1. The highest BCUT2D eigenvalue weighted by Crippen LogP contribution is 2.41. The van der Waals surface area contributed by atoms with E-state index in [1.54, 1.807) is 20.8 Å². The highest BCUT2D eigenvalue weighted by Gasteiger charge is 2.40. The molecule has 2 rings (SSSR count). The van der Waals surface area contributed by atoms with Gasteiger partial charge in [0.15, 0.2) is 0 Å². The third-order valence-corrected chi connectivity index (χ3v) is 3.16. The quantitative estimate of drug-likeness (QED) is 0.893. The topological polar surface area (TPSA) is 38.3 Å². The molecule has 0 saturated heterocycles. The maximum atomic E-state index is 12.5. The lowest BCUT2D eigenvalue weighted by Crippen LogP contribution is -2.34. The van der Waals surface area contributed by atoms with Gasteiger partial charge >= 0.3 is 12.3 Å². The van der Waals surface area contributed by atoms with E-state index in [-0.39, 0.29) is 12.0 Å². The van der Waals surface area contributed by atoms with Crippen LogP contribution in [0.25, 0.3) is 0 Å². The first kappa shape index (κ1) is 15.7. The molecule has 1 amide bonds. The number of halogens is 3. The number of rotatable bonds is 2. The fraction of sp³-hybridized carbons (Fsp3) is 0.533. The van der Waals surface area contributed by atoms with Crippen LogP contribution in [0.4, 0.5) is 18.0 Å². The predicted octanol–water partition coefficient (Wildman–Crippen LogP) is 4.09. The fourth-order valence-corrected chi connectivity index (χ4v) is 2.10. The fourth-order valence-electron chi connectivity index (χ4n) is 2.10. The summed E-state index contributed by atoms with van der Waals surface area (Å²) in [7, 11) is 0. The van der Waals surface area contributed by atoms with E-state index in [1.807, 2.05) is 0 Å². The second kappa shape index (κ2) is 5.24. The molecule has 1 aromatic rings. The highest BCUT2D eigenvalue weighted by molar-refractivity contribution is 5.69. The van der Waals surface area contributed by atoms with Crippen LogP contribution in [-0.2, 0) is 10.9 Å². The Morgan fingerprint density at radius 3 is 2.24 bits per heavy atom. The van der Waals surface area contributed by atoms with Crippen molar-refractivity contribution in [2.75, 3.05) is 0 Å². The van der Waals surface area contributed by atoms with Crippen LogP contribution in [0.2, 0.25) is 0 Å². The summed E-state index contributed by atoms with van der Waals surface area (Å²) in [5.41, 5.74) is -0.435. The molecule has 6 heteroatoms. The molecule has 1 N–H and O–H groups in total. The van der Waals surface area contributed by atoms with Gasteiger partial charge in [-0.15, -0.1) is 0 Å². The van der Waals surface area contributed by atoms with Gasteiger partial charge in [0.2, 0.25) is 0 Å². The van der Waals surface area contributed by atoms with Crippen LogP contribution in [0.1, 0.15) is 44.2 Å². The standard InChI is InChI=1S/C15H18F3NO2/c1-14(2,3)21-13(20)19-12-8-11(12)9-4-6-10(7-5-9)15(16,17)18/h4-7,11-12H,8H2,1-3H3,(H,19,20)/t11-,12+/m0/s1. The largest absolute Gasteiger partial charge is 0.444 e. The minimum absolute atomic E-state index is 0.0554. The summed E-state index contributed by atoms with van der Waals surface area (Å²) >= 11 is 0. The summed E-state index contributed by atoms with van der Waals surface area (Å²) in [6.07, 6.45) is -4.11. The van der Waals surface area contributed by atoms with Crippen molar-refractivity contribution in [1.29, 1.82) is 0 Å². The molecule has 0 spiro atoms. The SMILES string of the molecule is CC(C)(C)OC(=O)N[C@@H]1C[C@H]1c1ccc(C(F)(F)F)cc1. The van der Waals surface area contributed by atoms with Crippen molar-refractivity contribution in [3.63, 3.8) is 0 Å². The molecule has 2 atom stereocenters. The molecular formula is C15H18F3NO2. The van der Waals surface area contributed by atoms with Crippen LogP contribution in [0.15, 0.2) is 24.3 Å². The van der Waals surface area contributed by atoms with Gasteiger partial charge in [-0.05, 0) is 44.9 Å². The minimum atomic E-state index is -4.32. The van der Waals surface area contributed by atoms with Gasteiger partial charge < -0.3 is 10.1 Å². The molecular weight excluding hydrogens is 283 g/mol. The molecule has 0 heterocycles. The van der Waals surface area contributed by atoms with E-state index in [4.69, 9.17) is 4.74 Å². The van der Waals surface area contributed by atoms with Crippen molar-refractivity contribution in [3.05, 3.63) is 35.4 Å². The van der Waals surface area contributed by atoms with E-state index in [0.29, 0.717) is 6.42 Å². The van der Waals surface area contributed by atoms with E-state index < -0.39 is 23.4 Å². The van der Waals surface area contributed by atoms with Crippen molar-refractivity contribution in [1.82, 2.24) is 5.32 Å². The van der Waals surface area contributed by atoms with Gasteiger partial charge in [0, 0.05) is 12.0 Å². The van der Waals surface area contributed by atoms with Gasteiger partial charge in [-0.25, -0.2) is 4.79 Å². The summed E-state index contributed by atoms with van der Waals surface area (Å²) < 4.78 is 42.5. The molecule has 1 aromatic carbocycles. The van der Waals surface area contributed by atoms with Crippen LogP contribution in [-0.4, -0.2) is 17.7 Å². The Hall–Kier alpha value is -1.72. The first-order valence-electron chi connectivity index (χ1n) is 6.73. The van der Waals surface area contributed by atoms with Crippen LogP contribution < -0.4 is 5.32 Å². The maximum Gasteiger partial charge on any atom is 0.416 e. The zero-order valence-corrected chi connectivity index (χ0v) is 12.1. The van der Waals surface area contributed by atoms with E-state index in [0.717, 1.165) is 17.7 Å². The molecule has 1 saturated carbocycles. The average Bonchev–Trinajstić information content (AvgIpc) is 3.04. The van der Waals surface area contributed by atoms with E-state index in [2.05, 4.69) is 5.32 Å². The Bertz CT molecular complexity index is 517. The normalized spacial score (nSPS) is 21.8. The number of hydrogen-bond acceptors (Lipinski definition) is 2. The van der Waals surface area contributed by atoms with Crippen LogP contribution >= 0.6 is 0 Å². The van der Waals surface area contributed by atoms with E-state index in [1.165, 1.54) is 12.1 Å². The number of amides is 1. The zero-order chi connectivity index (χ0) is 15.8. The number of hydrogen-bond donors (Lipinski definition) is 1. The summed E-state index contributed by atoms with van der Waals surface area (Å²) in [6, 6.07) is 4.99. The monoisotopic (exact) mass is 301 g/mol. The Morgan fingerprint density at radius 1 is 1.19 bits per heavy atom. The molecule has 116 valence electrons. The van der Waals surface area contributed by atoms with Crippen LogP contribution in [0, 0.1) is 0 Å². The van der Waals surface area contributed by atoms with Crippen molar-refractivity contribution >= 4 is 6.09 Å². The summed E-state index contributed by atoms with van der Waals surface area (Å²) in [5.74, 6) is 0.0554.